The van der Waals surface area contributed by atoms with Gasteiger partial charge in [-0.3, -0.25) is 0 Å². The molecule has 0 saturated heterocycles. The third-order valence-corrected chi connectivity index (χ3v) is 5.04. The molecule has 0 aliphatic heterocycles. The largest absolute Gasteiger partial charge is 0.174 e. The maximum Gasteiger partial charge on any atom is 0.174 e. The molecule has 1 rings (SSSR count). The van der Waals surface area contributed by atoms with Gasteiger partial charge in [0.1, 0.15) is 5.01 Å². The Morgan fingerprint density at radius 1 is 1.29 bits per heavy atom. The summed E-state index contributed by atoms with van der Waals surface area (Å²) in [5.74, 6) is 4.41. The molecule has 0 spiro atoms. The average Bonchev–Trinajstić information content (AvgIpc) is 2.50. The average molecular weight is 248 g/mol. The highest BCUT2D eigenvalue weighted by atomic mass is 32.2. The van der Waals surface area contributed by atoms with Crippen molar-refractivity contribution in [1.29, 1.82) is 0 Å². The molecule has 5 heteroatoms. The second-order valence-electron chi connectivity index (χ2n) is 3.40. The van der Waals surface area contributed by atoms with Crippen LogP contribution >= 0.6 is 34.9 Å². The molecule has 0 aliphatic carbocycles. The van der Waals surface area contributed by atoms with E-state index in [0.717, 1.165) is 21.0 Å². The maximum absolute atomic E-state index is 4.07. The van der Waals surface area contributed by atoms with Crippen molar-refractivity contribution in [1.82, 2.24) is 10.2 Å². The summed E-state index contributed by atoms with van der Waals surface area (Å²) in [4.78, 5) is 0. The molecule has 1 aromatic heterocycles. The molecular formula is C9H16N2S3. The van der Waals surface area contributed by atoms with E-state index in [-0.39, 0.29) is 0 Å². The predicted molar refractivity (Wildman–Crippen MR) is 67.5 cm³/mol. The number of aromatic nitrogens is 2. The van der Waals surface area contributed by atoms with Gasteiger partial charge < -0.3 is 0 Å². The molecule has 0 aliphatic rings. The van der Waals surface area contributed by atoms with Crippen molar-refractivity contribution in [3.05, 3.63) is 5.01 Å². The van der Waals surface area contributed by atoms with Crippen LogP contribution < -0.4 is 0 Å². The van der Waals surface area contributed by atoms with Gasteiger partial charge in [0.15, 0.2) is 4.34 Å². The first-order valence-corrected chi connectivity index (χ1v) is 7.65. The molecule has 0 radical (unpaired) electrons. The van der Waals surface area contributed by atoms with Crippen molar-refractivity contribution in [2.24, 2.45) is 5.92 Å². The number of thioether (sulfide) groups is 2. The molecule has 0 amide bonds. The maximum atomic E-state index is 4.07. The lowest BCUT2D eigenvalue weighted by atomic mass is 10.3. The van der Waals surface area contributed by atoms with Crippen LogP contribution in [0.4, 0.5) is 0 Å². The van der Waals surface area contributed by atoms with Gasteiger partial charge in [-0.2, -0.15) is 11.8 Å². The molecule has 14 heavy (non-hydrogen) atoms. The van der Waals surface area contributed by atoms with E-state index >= 15 is 0 Å². The number of rotatable bonds is 6. The summed E-state index contributed by atoms with van der Waals surface area (Å²) in [5.41, 5.74) is 0. The molecular weight excluding hydrogens is 232 g/mol. The first kappa shape index (κ1) is 12.3. The Morgan fingerprint density at radius 3 is 2.64 bits per heavy atom. The van der Waals surface area contributed by atoms with Crippen LogP contribution in [-0.2, 0) is 0 Å². The highest BCUT2D eigenvalue weighted by Gasteiger charge is 2.00. The third kappa shape index (κ3) is 5.22. The van der Waals surface area contributed by atoms with E-state index in [1.165, 1.54) is 11.5 Å². The molecule has 0 atom stereocenters. The topological polar surface area (TPSA) is 25.8 Å². The van der Waals surface area contributed by atoms with Gasteiger partial charge in [-0.1, -0.05) is 36.9 Å². The Bertz CT molecular complexity index is 260. The SMILES string of the molecule is Cc1nnc(SCCSCC(C)C)s1. The lowest BCUT2D eigenvalue weighted by Crippen LogP contribution is -1.93. The van der Waals surface area contributed by atoms with Gasteiger partial charge in [0.25, 0.3) is 0 Å². The molecule has 0 bridgehead atoms. The highest BCUT2D eigenvalue weighted by molar-refractivity contribution is 8.03. The molecule has 0 saturated carbocycles. The number of hydrogen-bond donors (Lipinski definition) is 0. The van der Waals surface area contributed by atoms with Crippen LogP contribution in [-0.4, -0.2) is 27.5 Å². The van der Waals surface area contributed by atoms with Crippen LogP contribution in [0.5, 0.6) is 0 Å². The molecule has 0 N–H and O–H groups in total. The van der Waals surface area contributed by atoms with Crippen LogP contribution in [0.1, 0.15) is 18.9 Å². The summed E-state index contributed by atoms with van der Waals surface area (Å²) in [6.07, 6.45) is 0. The van der Waals surface area contributed by atoms with E-state index in [4.69, 9.17) is 0 Å². The van der Waals surface area contributed by atoms with Gasteiger partial charge in [0.2, 0.25) is 0 Å². The van der Waals surface area contributed by atoms with Crippen molar-refractivity contribution >= 4 is 34.9 Å². The minimum Gasteiger partial charge on any atom is -0.161 e. The van der Waals surface area contributed by atoms with Gasteiger partial charge in [0, 0.05) is 11.5 Å². The lowest BCUT2D eigenvalue weighted by molar-refractivity contribution is 0.750. The third-order valence-electron chi connectivity index (χ3n) is 1.41. The zero-order valence-electron chi connectivity index (χ0n) is 8.82. The van der Waals surface area contributed by atoms with Crippen molar-refractivity contribution in [3.8, 4) is 0 Å². The zero-order chi connectivity index (χ0) is 10.4. The lowest BCUT2D eigenvalue weighted by Gasteiger charge is -2.02. The molecule has 80 valence electrons. The molecule has 0 unspecified atom stereocenters. The van der Waals surface area contributed by atoms with E-state index < -0.39 is 0 Å². The number of hydrogen-bond acceptors (Lipinski definition) is 5. The molecule has 0 aromatic carbocycles. The van der Waals surface area contributed by atoms with Crippen LogP contribution in [0, 0.1) is 12.8 Å². The van der Waals surface area contributed by atoms with Crippen LogP contribution in [0.3, 0.4) is 0 Å². The van der Waals surface area contributed by atoms with Crippen molar-refractivity contribution in [2.75, 3.05) is 17.3 Å². The minimum absolute atomic E-state index is 0.800. The predicted octanol–water partition coefficient (Wildman–Crippen LogP) is 3.33. The summed E-state index contributed by atoms with van der Waals surface area (Å²) >= 11 is 5.52. The van der Waals surface area contributed by atoms with Gasteiger partial charge in [-0.05, 0) is 18.6 Å². The van der Waals surface area contributed by atoms with Crippen molar-refractivity contribution in [3.63, 3.8) is 0 Å². The summed E-state index contributed by atoms with van der Waals surface area (Å²) in [5, 5.41) is 9.11. The van der Waals surface area contributed by atoms with Gasteiger partial charge in [0.05, 0.1) is 0 Å². The highest BCUT2D eigenvalue weighted by Crippen LogP contribution is 2.22. The molecule has 1 heterocycles. The summed E-state index contributed by atoms with van der Waals surface area (Å²) in [6.45, 7) is 6.51. The van der Waals surface area contributed by atoms with E-state index in [1.54, 1.807) is 11.3 Å². The van der Waals surface area contributed by atoms with Gasteiger partial charge in [-0.25, -0.2) is 0 Å². The smallest absolute Gasteiger partial charge is 0.161 e. The summed E-state index contributed by atoms with van der Waals surface area (Å²) < 4.78 is 1.10. The first-order chi connectivity index (χ1) is 6.68. The molecule has 2 nitrogen and oxygen atoms in total. The number of nitrogens with zero attached hydrogens (tertiary/aromatic N) is 2. The van der Waals surface area contributed by atoms with Gasteiger partial charge in [-0.15, -0.1) is 10.2 Å². The minimum atomic E-state index is 0.800. The second-order valence-corrected chi connectivity index (χ2v) is 7.08. The summed E-state index contributed by atoms with van der Waals surface area (Å²) in [6, 6.07) is 0. The fourth-order valence-electron chi connectivity index (χ4n) is 0.844. The fraction of sp³-hybridized carbons (Fsp3) is 0.778. The standard InChI is InChI=1S/C9H16N2S3/c1-7(2)6-12-4-5-13-9-11-10-8(3)14-9/h7H,4-6H2,1-3H3. The Balaban J connectivity index is 2.04. The van der Waals surface area contributed by atoms with Crippen molar-refractivity contribution in [2.45, 2.75) is 25.1 Å². The van der Waals surface area contributed by atoms with Crippen LogP contribution in [0.2, 0.25) is 0 Å². The van der Waals surface area contributed by atoms with Crippen LogP contribution in [0.25, 0.3) is 0 Å². The molecule has 0 fully saturated rings. The Morgan fingerprint density at radius 2 is 2.07 bits per heavy atom. The fourth-order valence-corrected chi connectivity index (χ4v) is 3.82. The first-order valence-electron chi connectivity index (χ1n) is 4.69. The van der Waals surface area contributed by atoms with E-state index in [0.29, 0.717) is 0 Å². The normalized spacial score (nSPS) is 11.1. The second kappa shape index (κ2) is 6.69. The van der Waals surface area contributed by atoms with E-state index in [9.17, 15) is 0 Å². The quantitative estimate of drug-likeness (QED) is 0.570. The Labute approximate surface area is 98.3 Å². The Hall–Kier alpha value is 0.260. The van der Waals surface area contributed by atoms with Crippen LogP contribution in [0.15, 0.2) is 4.34 Å². The Kier molecular flexibility index (Phi) is 5.89. The summed E-state index contributed by atoms with van der Waals surface area (Å²) in [7, 11) is 0. The van der Waals surface area contributed by atoms with Crippen molar-refractivity contribution < 1.29 is 0 Å². The number of aryl methyl sites for hydroxylation is 1. The zero-order valence-corrected chi connectivity index (χ0v) is 11.3. The van der Waals surface area contributed by atoms with E-state index in [2.05, 4.69) is 24.0 Å². The molecule has 1 aromatic rings. The van der Waals surface area contributed by atoms with Gasteiger partial charge >= 0.3 is 0 Å². The van der Waals surface area contributed by atoms with E-state index in [1.807, 2.05) is 30.4 Å². The monoisotopic (exact) mass is 248 g/mol.